The van der Waals surface area contributed by atoms with E-state index in [1.165, 1.54) is 6.92 Å². The van der Waals surface area contributed by atoms with Crippen molar-refractivity contribution in [2.75, 3.05) is 0 Å². The van der Waals surface area contributed by atoms with Crippen LogP contribution in [0.15, 0.2) is 24.3 Å². The van der Waals surface area contributed by atoms with E-state index in [0.717, 1.165) is 4.46 Å². The predicted octanol–water partition coefficient (Wildman–Crippen LogP) is 0.722. The monoisotopic (exact) mass is 258 g/mol. The Balaban J connectivity index is 2.84. The van der Waals surface area contributed by atoms with E-state index in [0.29, 0.717) is 5.56 Å². The molecule has 1 aromatic rings. The fourth-order valence-electron chi connectivity index (χ4n) is 1.02. The molecule has 0 bridgehead atoms. The van der Waals surface area contributed by atoms with Gasteiger partial charge in [-0.3, -0.25) is 0 Å². The average Bonchev–Trinajstić information content (AvgIpc) is 2.15. The normalized spacial score (nSPS) is 9.79. The number of ketones is 1. The zero-order valence-electron chi connectivity index (χ0n) is 7.69. The minimum atomic E-state index is -0.816. The van der Waals surface area contributed by atoms with Gasteiger partial charge in [0.2, 0.25) is 0 Å². The van der Waals surface area contributed by atoms with Crippen molar-refractivity contribution in [3.05, 3.63) is 29.8 Å². The molecule has 0 heterocycles. The van der Waals surface area contributed by atoms with Crippen LogP contribution in [0.1, 0.15) is 17.3 Å². The van der Waals surface area contributed by atoms with Crippen LogP contribution in [0.2, 0.25) is 5.32 Å². The van der Waals surface area contributed by atoms with Crippen molar-refractivity contribution < 1.29 is 14.7 Å². The minimum absolute atomic E-state index is 0.00661. The molecule has 4 heteroatoms. The Morgan fingerprint density at radius 2 is 2.00 bits per heavy atom. The van der Waals surface area contributed by atoms with E-state index in [-0.39, 0.29) is 26.1 Å². The molecule has 1 N–H and O–H groups in total. The Morgan fingerprint density at radius 1 is 1.36 bits per heavy atom. The second-order valence-corrected chi connectivity index (χ2v) is 4.87. The van der Waals surface area contributed by atoms with E-state index in [1.807, 2.05) is 12.1 Å². The first kappa shape index (κ1) is 11.0. The van der Waals surface area contributed by atoms with Gasteiger partial charge in [-0.25, -0.2) is 0 Å². The molecule has 0 saturated heterocycles. The predicted molar refractivity (Wildman–Crippen MR) is 54.3 cm³/mol. The van der Waals surface area contributed by atoms with Gasteiger partial charge in [0, 0.05) is 0 Å². The SMILES string of the molecule is CC(=O)c1ccccc1[Se]CC(=O)O. The molecule has 0 radical (unpaired) electrons. The fourth-order valence-corrected chi connectivity index (χ4v) is 2.75. The molecule has 0 unspecified atom stereocenters. The Hall–Kier alpha value is -1.12. The van der Waals surface area contributed by atoms with Crippen molar-refractivity contribution >= 4 is 31.2 Å². The summed E-state index contributed by atoms with van der Waals surface area (Å²) in [6, 6.07) is 7.17. The second-order valence-electron chi connectivity index (χ2n) is 2.73. The number of rotatable bonds is 4. The Kier molecular flexibility index (Phi) is 3.86. The molecule has 1 rings (SSSR count). The number of carboxylic acid groups (broad SMARTS) is 1. The van der Waals surface area contributed by atoms with Crippen molar-refractivity contribution in [3.8, 4) is 0 Å². The summed E-state index contributed by atoms with van der Waals surface area (Å²) in [6.07, 6.45) is 0. The first-order valence-electron chi connectivity index (χ1n) is 4.06. The number of carbonyl (C=O) groups is 2. The Bertz CT molecular complexity index is 360. The molecule has 0 aliphatic heterocycles. The molecule has 0 spiro atoms. The Morgan fingerprint density at radius 3 is 2.57 bits per heavy atom. The van der Waals surface area contributed by atoms with Crippen LogP contribution in [0.25, 0.3) is 0 Å². The van der Waals surface area contributed by atoms with Crippen LogP contribution in [-0.2, 0) is 4.79 Å². The van der Waals surface area contributed by atoms with Gasteiger partial charge in [-0.15, -0.1) is 0 Å². The third-order valence-electron chi connectivity index (χ3n) is 1.62. The first-order valence-corrected chi connectivity index (χ1v) is 6.12. The third-order valence-corrected chi connectivity index (χ3v) is 3.84. The molecule has 0 amide bonds. The second kappa shape index (κ2) is 4.94. The Labute approximate surface area is 88.3 Å². The third kappa shape index (κ3) is 2.98. The zero-order valence-corrected chi connectivity index (χ0v) is 9.40. The molecule has 0 fully saturated rings. The van der Waals surface area contributed by atoms with Gasteiger partial charge < -0.3 is 0 Å². The summed E-state index contributed by atoms with van der Waals surface area (Å²) in [5, 5.41) is 8.66. The maximum absolute atomic E-state index is 11.2. The van der Waals surface area contributed by atoms with Crippen LogP contribution >= 0.6 is 0 Å². The molecule has 0 saturated carbocycles. The van der Waals surface area contributed by atoms with E-state index >= 15 is 0 Å². The van der Waals surface area contributed by atoms with E-state index in [2.05, 4.69) is 0 Å². The summed E-state index contributed by atoms with van der Waals surface area (Å²) in [5.74, 6) is -0.823. The molecule has 0 aromatic heterocycles. The summed E-state index contributed by atoms with van der Waals surface area (Å²) in [7, 11) is 0. The molecule has 3 nitrogen and oxygen atoms in total. The molecule has 0 aliphatic rings. The molecule has 0 atom stereocenters. The van der Waals surface area contributed by atoms with Gasteiger partial charge in [0.25, 0.3) is 0 Å². The average molecular weight is 257 g/mol. The quantitative estimate of drug-likeness (QED) is 0.638. The maximum atomic E-state index is 11.2. The van der Waals surface area contributed by atoms with Gasteiger partial charge in [0.05, 0.1) is 0 Å². The van der Waals surface area contributed by atoms with Crippen molar-refractivity contribution in [2.24, 2.45) is 0 Å². The number of carbonyl (C=O) groups excluding carboxylic acids is 1. The van der Waals surface area contributed by atoms with Gasteiger partial charge in [0.15, 0.2) is 0 Å². The molecular weight excluding hydrogens is 247 g/mol. The van der Waals surface area contributed by atoms with E-state index in [4.69, 9.17) is 5.11 Å². The van der Waals surface area contributed by atoms with Gasteiger partial charge >= 0.3 is 87.9 Å². The van der Waals surface area contributed by atoms with Crippen LogP contribution in [0.4, 0.5) is 0 Å². The van der Waals surface area contributed by atoms with Crippen LogP contribution in [0, 0.1) is 0 Å². The molecular formula is C10H10O3Se. The number of benzene rings is 1. The van der Waals surface area contributed by atoms with Crippen molar-refractivity contribution in [2.45, 2.75) is 12.2 Å². The van der Waals surface area contributed by atoms with Crippen molar-refractivity contribution in [3.63, 3.8) is 0 Å². The number of hydrogen-bond donors (Lipinski definition) is 1. The summed E-state index contributed by atoms with van der Waals surface area (Å²) in [5.41, 5.74) is 0.647. The van der Waals surface area contributed by atoms with Crippen LogP contribution in [0.3, 0.4) is 0 Å². The fraction of sp³-hybridized carbons (Fsp3) is 0.200. The summed E-state index contributed by atoms with van der Waals surface area (Å²) in [4.78, 5) is 21.6. The van der Waals surface area contributed by atoms with E-state index in [1.54, 1.807) is 12.1 Å². The molecule has 74 valence electrons. The van der Waals surface area contributed by atoms with Crippen LogP contribution in [-0.4, -0.2) is 31.8 Å². The topological polar surface area (TPSA) is 54.4 Å². The van der Waals surface area contributed by atoms with Gasteiger partial charge in [-0.05, 0) is 0 Å². The van der Waals surface area contributed by atoms with Crippen molar-refractivity contribution in [1.82, 2.24) is 0 Å². The standard InChI is InChI=1S/C10H10O3Se/c1-7(11)8-4-2-3-5-9(8)14-6-10(12)13/h2-5H,6H2,1H3,(H,12,13). The number of Topliss-reactive ketones (excluding diaryl/α,β-unsaturated/α-hetero) is 1. The summed E-state index contributed by atoms with van der Waals surface area (Å²) in [6.45, 7) is 1.50. The summed E-state index contributed by atoms with van der Waals surface area (Å²) >= 11 is -0.159. The van der Waals surface area contributed by atoms with Gasteiger partial charge in [-0.2, -0.15) is 0 Å². The first-order chi connectivity index (χ1) is 6.61. The van der Waals surface area contributed by atoms with Gasteiger partial charge in [0.1, 0.15) is 0 Å². The van der Waals surface area contributed by atoms with Crippen LogP contribution in [0.5, 0.6) is 0 Å². The molecule has 0 aliphatic carbocycles. The van der Waals surface area contributed by atoms with E-state index in [9.17, 15) is 9.59 Å². The number of carboxylic acids is 1. The number of hydrogen-bond acceptors (Lipinski definition) is 2. The summed E-state index contributed by atoms with van der Waals surface area (Å²) < 4.78 is 0.870. The molecule has 1 aromatic carbocycles. The van der Waals surface area contributed by atoms with Crippen molar-refractivity contribution in [1.29, 1.82) is 0 Å². The van der Waals surface area contributed by atoms with Crippen LogP contribution < -0.4 is 4.46 Å². The van der Waals surface area contributed by atoms with E-state index < -0.39 is 5.97 Å². The zero-order chi connectivity index (χ0) is 10.6. The molecule has 14 heavy (non-hydrogen) atoms. The van der Waals surface area contributed by atoms with Gasteiger partial charge in [-0.1, -0.05) is 0 Å². The number of aliphatic carboxylic acids is 1.